The van der Waals surface area contributed by atoms with Gasteiger partial charge in [-0.2, -0.15) is 4.98 Å². The van der Waals surface area contributed by atoms with Crippen LogP contribution in [0.4, 0.5) is 5.95 Å². The van der Waals surface area contributed by atoms with Crippen LogP contribution in [0.1, 0.15) is 39.5 Å². The van der Waals surface area contributed by atoms with Gasteiger partial charge in [-0.15, -0.1) is 5.10 Å². The van der Waals surface area contributed by atoms with Crippen LogP contribution in [-0.2, 0) is 0 Å². The molecule has 0 aliphatic heterocycles. The highest BCUT2D eigenvalue weighted by molar-refractivity contribution is 7.72. The number of H-pyrrole nitrogens is 3. The van der Waals surface area contributed by atoms with Gasteiger partial charge < -0.3 is 14.9 Å². The quantitative estimate of drug-likeness (QED) is 0.617. The van der Waals surface area contributed by atoms with Crippen molar-refractivity contribution in [1.82, 2.24) is 30.4 Å². The Hall–Kier alpha value is -1.52. The lowest BCUT2D eigenvalue weighted by atomic mass is 10.3. The van der Waals surface area contributed by atoms with Gasteiger partial charge in [0, 0.05) is 13.1 Å². The molecule has 0 spiro atoms. The van der Waals surface area contributed by atoms with Gasteiger partial charge in [-0.1, -0.05) is 44.1 Å². The summed E-state index contributed by atoms with van der Waals surface area (Å²) in [4.78, 5) is 12.4. The van der Waals surface area contributed by atoms with E-state index in [1.807, 2.05) is 0 Å². The first-order valence-electron chi connectivity index (χ1n) is 7.88. The molecular formula is C14H23N7S3. The molecule has 3 N–H and O–H groups in total. The van der Waals surface area contributed by atoms with Crippen LogP contribution < -0.4 is 4.90 Å². The molecule has 0 unspecified atom stereocenters. The number of nitrogens with one attached hydrogen (secondary N) is 3. The van der Waals surface area contributed by atoms with E-state index in [9.17, 15) is 0 Å². The van der Waals surface area contributed by atoms with Crippen molar-refractivity contribution in [1.29, 1.82) is 0 Å². The van der Waals surface area contributed by atoms with Crippen LogP contribution in [0.25, 0.3) is 0 Å². The van der Waals surface area contributed by atoms with E-state index in [4.69, 9.17) is 24.4 Å². The maximum atomic E-state index is 5.09. The second-order valence-electron chi connectivity index (χ2n) is 5.02. The third-order valence-corrected chi connectivity index (χ3v) is 3.65. The Morgan fingerprint density at radius 2 is 1.71 bits per heavy atom. The summed E-state index contributed by atoms with van der Waals surface area (Å²) >= 11 is 14.8. The van der Waals surface area contributed by atoms with Crippen LogP contribution in [0.3, 0.4) is 0 Å². The number of aromatic amines is 3. The van der Waals surface area contributed by atoms with Crippen LogP contribution >= 0.6 is 36.7 Å². The zero-order chi connectivity index (χ0) is 17.8. The molecule has 0 aliphatic rings. The Morgan fingerprint density at radius 3 is 2.12 bits per heavy atom. The summed E-state index contributed by atoms with van der Waals surface area (Å²) in [6.45, 7) is 6.36. The topological polar surface area (TPSA) is 89.3 Å². The predicted molar refractivity (Wildman–Crippen MR) is 104 cm³/mol. The van der Waals surface area contributed by atoms with Gasteiger partial charge in [-0.25, -0.2) is 5.10 Å². The van der Waals surface area contributed by atoms with E-state index in [0.717, 1.165) is 31.9 Å². The second kappa shape index (κ2) is 11.9. The summed E-state index contributed by atoms with van der Waals surface area (Å²) in [6.07, 6.45) is 6.18. The molecule has 7 nitrogen and oxygen atoms in total. The van der Waals surface area contributed by atoms with E-state index in [0.29, 0.717) is 14.2 Å². The fraction of sp³-hybridized carbons (Fsp3) is 0.571. The first-order valence-corrected chi connectivity index (χ1v) is 9.11. The molecule has 0 amide bonds. The van der Waals surface area contributed by atoms with Crippen molar-refractivity contribution in [2.75, 3.05) is 18.0 Å². The number of rotatable bonds is 7. The lowest BCUT2D eigenvalue weighted by Gasteiger charge is -2.22. The lowest BCUT2D eigenvalue weighted by molar-refractivity contribution is 0.659. The highest BCUT2D eigenvalue weighted by Gasteiger charge is 2.07. The molecule has 132 valence electrons. The fourth-order valence-corrected chi connectivity index (χ4v) is 2.35. The highest BCUT2D eigenvalue weighted by atomic mass is 32.1. The zero-order valence-corrected chi connectivity index (χ0v) is 16.4. The summed E-state index contributed by atoms with van der Waals surface area (Å²) in [5.41, 5.74) is 0. The Morgan fingerprint density at radius 1 is 1.04 bits per heavy atom. The highest BCUT2D eigenvalue weighted by Crippen LogP contribution is 2.09. The summed E-state index contributed by atoms with van der Waals surface area (Å²) in [7, 11) is 0. The smallest absolute Gasteiger partial charge is 0.207 e. The summed E-state index contributed by atoms with van der Waals surface area (Å²) in [5.74, 6) is 0.792. The minimum Gasteiger partial charge on any atom is -0.342 e. The van der Waals surface area contributed by atoms with Crippen LogP contribution in [0.15, 0.2) is 12.3 Å². The molecule has 2 rings (SSSR count). The number of hydrogen-bond donors (Lipinski definition) is 3. The van der Waals surface area contributed by atoms with Gasteiger partial charge in [-0.3, -0.25) is 0 Å². The van der Waals surface area contributed by atoms with Gasteiger partial charge in [0.2, 0.25) is 10.7 Å². The maximum absolute atomic E-state index is 5.09. The number of nitrogens with zero attached hydrogens (tertiary/aromatic N) is 4. The van der Waals surface area contributed by atoms with Gasteiger partial charge in [0.25, 0.3) is 0 Å². The van der Waals surface area contributed by atoms with Crippen LogP contribution in [-0.4, -0.2) is 43.5 Å². The molecule has 0 aromatic carbocycles. The Kier molecular flexibility index (Phi) is 10.2. The molecule has 0 atom stereocenters. The minimum atomic E-state index is 0.446. The lowest BCUT2D eigenvalue weighted by Crippen LogP contribution is -2.27. The van der Waals surface area contributed by atoms with Gasteiger partial charge >= 0.3 is 0 Å². The number of unbranched alkanes of at least 4 members (excludes halogenated alkanes) is 2. The Bertz CT molecular complexity index is 699. The van der Waals surface area contributed by atoms with E-state index in [2.05, 4.69) is 61.3 Å². The molecule has 0 radical (unpaired) electrons. The molecule has 0 saturated heterocycles. The average Bonchev–Trinajstić information content (AvgIpc) is 2.55. The summed E-state index contributed by atoms with van der Waals surface area (Å²) in [6, 6.07) is 1.67. The number of anilines is 1. The van der Waals surface area contributed by atoms with Gasteiger partial charge in [0.1, 0.15) is 4.64 Å². The van der Waals surface area contributed by atoms with Crippen molar-refractivity contribution >= 4 is 42.6 Å². The van der Waals surface area contributed by atoms with Gasteiger partial charge in [-0.05, 0) is 43.3 Å². The molecule has 2 heterocycles. The van der Waals surface area contributed by atoms with E-state index in [1.165, 1.54) is 12.8 Å². The van der Waals surface area contributed by atoms with Crippen LogP contribution in [0, 0.1) is 14.2 Å². The second-order valence-corrected chi connectivity index (χ2v) is 6.26. The SMILES string of the molecule is CCCCN(CCCC)c1nc(=S)[nH]c(=S)[nH]1.S=c1ccnn[nH]1. The van der Waals surface area contributed by atoms with Crippen LogP contribution in [0.5, 0.6) is 0 Å². The third kappa shape index (κ3) is 8.37. The molecular weight excluding hydrogens is 362 g/mol. The molecule has 2 aromatic rings. The maximum Gasteiger partial charge on any atom is 0.207 e. The molecule has 0 aliphatic carbocycles. The van der Waals surface area contributed by atoms with Crippen molar-refractivity contribution in [2.45, 2.75) is 39.5 Å². The summed E-state index contributed by atoms with van der Waals surface area (Å²) < 4.78 is 1.59. The van der Waals surface area contributed by atoms with Gasteiger partial charge in [0.15, 0.2) is 4.77 Å². The average molecular weight is 386 g/mol. The standard InChI is InChI=1S/C11H20N4S2.C3H3N3S/c1-3-5-7-15(8-6-4-2)9-12-10(16)14-11(17)13-9;7-3-1-2-4-6-5-3/h3-8H2,1-2H3,(H2,12,13,14,16,17);1-2H,(H,4,5,7). The molecule has 0 bridgehead atoms. The molecule has 24 heavy (non-hydrogen) atoms. The van der Waals surface area contributed by atoms with Gasteiger partial charge in [0.05, 0.1) is 6.20 Å². The molecule has 2 aromatic heterocycles. The monoisotopic (exact) mass is 385 g/mol. The first-order chi connectivity index (χ1) is 11.6. The van der Waals surface area contributed by atoms with Crippen molar-refractivity contribution in [3.8, 4) is 0 Å². The van der Waals surface area contributed by atoms with E-state index >= 15 is 0 Å². The molecule has 0 fully saturated rings. The van der Waals surface area contributed by atoms with Crippen LogP contribution in [0.2, 0.25) is 0 Å². The largest absolute Gasteiger partial charge is 0.342 e. The number of hydrogen-bond acceptors (Lipinski definition) is 7. The van der Waals surface area contributed by atoms with E-state index in [-0.39, 0.29) is 0 Å². The number of aromatic nitrogens is 6. The predicted octanol–water partition coefficient (Wildman–Crippen LogP) is 4.14. The third-order valence-electron chi connectivity index (χ3n) is 3.03. The van der Waals surface area contributed by atoms with Crippen molar-refractivity contribution < 1.29 is 0 Å². The zero-order valence-electron chi connectivity index (χ0n) is 13.9. The normalized spacial score (nSPS) is 9.92. The molecule has 10 heteroatoms. The minimum absolute atomic E-state index is 0.446. The van der Waals surface area contributed by atoms with Crippen molar-refractivity contribution in [3.63, 3.8) is 0 Å². The van der Waals surface area contributed by atoms with E-state index < -0.39 is 0 Å². The molecule has 0 saturated carbocycles. The van der Waals surface area contributed by atoms with Crippen molar-refractivity contribution in [3.05, 3.63) is 26.4 Å². The van der Waals surface area contributed by atoms with Crippen molar-refractivity contribution in [2.24, 2.45) is 0 Å². The summed E-state index contributed by atoms with van der Waals surface area (Å²) in [5, 5.41) is 9.36. The Balaban J connectivity index is 0.000000341. The Labute approximate surface area is 157 Å². The van der Waals surface area contributed by atoms with E-state index in [1.54, 1.807) is 12.3 Å². The first kappa shape index (κ1) is 20.5. The fourth-order valence-electron chi connectivity index (χ4n) is 1.80.